The molecular formula is C11H23N3O2S2. The van der Waals surface area contributed by atoms with E-state index in [2.05, 4.69) is 4.72 Å². The third-order valence-electron chi connectivity index (χ3n) is 3.26. The summed E-state index contributed by atoms with van der Waals surface area (Å²) < 4.78 is 28.7. The molecule has 0 aromatic heterocycles. The summed E-state index contributed by atoms with van der Waals surface area (Å²) in [6.45, 7) is 4.49. The van der Waals surface area contributed by atoms with Crippen LogP contribution in [0.1, 0.15) is 46.0 Å². The first-order chi connectivity index (χ1) is 8.38. The first-order valence-corrected chi connectivity index (χ1v) is 8.31. The van der Waals surface area contributed by atoms with E-state index in [1.807, 2.05) is 13.8 Å². The second-order valence-electron chi connectivity index (χ2n) is 4.82. The Kier molecular flexibility index (Phi) is 5.97. The molecule has 1 aliphatic rings. The highest BCUT2D eigenvalue weighted by Gasteiger charge is 2.31. The van der Waals surface area contributed by atoms with Gasteiger partial charge in [0.05, 0.1) is 11.0 Å². The number of rotatable bonds is 6. The smallest absolute Gasteiger partial charge is 0.280 e. The molecule has 0 amide bonds. The molecule has 0 radical (unpaired) electrons. The number of hydrogen-bond acceptors (Lipinski definition) is 3. The quantitative estimate of drug-likeness (QED) is 0.720. The van der Waals surface area contributed by atoms with Gasteiger partial charge in [-0.2, -0.15) is 17.4 Å². The van der Waals surface area contributed by atoms with Crippen molar-refractivity contribution in [1.29, 1.82) is 0 Å². The first-order valence-electron chi connectivity index (χ1n) is 6.47. The van der Waals surface area contributed by atoms with Gasteiger partial charge in [-0.1, -0.05) is 32.0 Å². The molecule has 1 fully saturated rings. The lowest BCUT2D eigenvalue weighted by Gasteiger charge is -2.33. The van der Waals surface area contributed by atoms with E-state index in [1.54, 1.807) is 0 Å². The zero-order valence-electron chi connectivity index (χ0n) is 11.1. The van der Waals surface area contributed by atoms with Crippen molar-refractivity contribution in [3.8, 4) is 0 Å². The summed E-state index contributed by atoms with van der Waals surface area (Å²) in [6.07, 6.45) is 4.38. The van der Waals surface area contributed by atoms with E-state index < -0.39 is 16.3 Å². The minimum atomic E-state index is -3.48. The number of hydrogen-bond donors (Lipinski definition) is 2. The number of nitrogens with one attached hydrogen (secondary N) is 1. The SMILES string of the molecule is CCCC(NS(=O)(=O)N1CCCCC1C)C(N)=S. The third-order valence-corrected chi connectivity index (χ3v) is 5.29. The van der Waals surface area contributed by atoms with Crippen LogP contribution in [0.3, 0.4) is 0 Å². The molecule has 0 saturated carbocycles. The van der Waals surface area contributed by atoms with Crippen LogP contribution in [-0.4, -0.2) is 36.3 Å². The van der Waals surface area contributed by atoms with Crippen molar-refractivity contribution >= 4 is 27.4 Å². The van der Waals surface area contributed by atoms with Crippen molar-refractivity contribution in [1.82, 2.24) is 9.03 Å². The summed E-state index contributed by atoms with van der Waals surface area (Å²) in [6, 6.07) is -0.394. The van der Waals surface area contributed by atoms with Gasteiger partial charge in [-0.15, -0.1) is 0 Å². The van der Waals surface area contributed by atoms with E-state index in [9.17, 15) is 8.42 Å². The van der Waals surface area contributed by atoms with E-state index >= 15 is 0 Å². The van der Waals surface area contributed by atoms with Crippen LogP contribution in [0.2, 0.25) is 0 Å². The number of thiocarbonyl (C=S) groups is 1. The molecule has 0 aromatic rings. The van der Waals surface area contributed by atoms with E-state index in [0.717, 1.165) is 25.7 Å². The maximum Gasteiger partial charge on any atom is 0.280 e. The molecular weight excluding hydrogens is 270 g/mol. The maximum atomic E-state index is 12.3. The minimum Gasteiger partial charge on any atom is -0.392 e. The van der Waals surface area contributed by atoms with Gasteiger partial charge in [-0.3, -0.25) is 0 Å². The van der Waals surface area contributed by atoms with E-state index in [-0.39, 0.29) is 11.0 Å². The van der Waals surface area contributed by atoms with Crippen LogP contribution in [0.25, 0.3) is 0 Å². The van der Waals surface area contributed by atoms with Gasteiger partial charge in [0.1, 0.15) is 0 Å². The predicted molar refractivity (Wildman–Crippen MR) is 77.6 cm³/mol. The second kappa shape index (κ2) is 6.79. The highest BCUT2D eigenvalue weighted by atomic mass is 32.2. The second-order valence-corrected chi connectivity index (χ2v) is 6.95. The molecule has 1 aliphatic heterocycles. The molecule has 1 heterocycles. The molecule has 0 bridgehead atoms. The Labute approximate surface area is 115 Å². The van der Waals surface area contributed by atoms with Crippen LogP contribution >= 0.6 is 12.2 Å². The Morgan fingerprint density at radius 1 is 1.56 bits per heavy atom. The summed E-state index contributed by atoms with van der Waals surface area (Å²) in [4.78, 5) is 0.213. The third kappa shape index (κ3) is 4.15. The van der Waals surface area contributed by atoms with Gasteiger partial charge in [0.15, 0.2) is 0 Å². The zero-order chi connectivity index (χ0) is 13.8. The Morgan fingerprint density at radius 2 is 2.22 bits per heavy atom. The van der Waals surface area contributed by atoms with Crippen LogP contribution in [0.15, 0.2) is 0 Å². The van der Waals surface area contributed by atoms with Gasteiger partial charge in [0.25, 0.3) is 10.2 Å². The van der Waals surface area contributed by atoms with E-state index in [1.165, 1.54) is 4.31 Å². The number of nitrogens with two attached hydrogens (primary N) is 1. The fourth-order valence-electron chi connectivity index (χ4n) is 2.22. The molecule has 0 aliphatic carbocycles. The molecule has 5 nitrogen and oxygen atoms in total. The molecule has 106 valence electrons. The summed E-state index contributed by atoms with van der Waals surface area (Å²) in [5.74, 6) is 0. The molecule has 3 N–H and O–H groups in total. The highest BCUT2D eigenvalue weighted by molar-refractivity contribution is 7.87. The van der Waals surface area contributed by atoms with Crippen LogP contribution in [0, 0.1) is 0 Å². The fraction of sp³-hybridized carbons (Fsp3) is 0.909. The summed E-state index contributed by atoms with van der Waals surface area (Å²) in [7, 11) is -3.48. The Bertz CT molecular complexity index is 384. The van der Waals surface area contributed by atoms with Gasteiger partial charge in [0, 0.05) is 12.6 Å². The monoisotopic (exact) mass is 293 g/mol. The van der Waals surface area contributed by atoms with Gasteiger partial charge in [-0.05, 0) is 26.2 Å². The summed E-state index contributed by atoms with van der Waals surface area (Å²) in [5.41, 5.74) is 5.58. The summed E-state index contributed by atoms with van der Waals surface area (Å²) in [5, 5.41) is 0. The van der Waals surface area contributed by atoms with Gasteiger partial charge in [0.2, 0.25) is 0 Å². The lowest BCUT2D eigenvalue weighted by atomic mass is 10.1. The van der Waals surface area contributed by atoms with Crippen molar-refractivity contribution in [2.45, 2.75) is 58.0 Å². The largest absolute Gasteiger partial charge is 0.392 e. The van der Waals surface area contributed by atoms with Gasteiger partial charge >= 0.3 is 0 Å². The van der Waals surface area contributed by atoms with Crippen LogP contribution < -0.4 is 10.5 Å². The lowest BCUT2D eigenvalue weighted by Crippen LogP contribution is -2.53. The average molecular weight is 293 g/mol. The maximum absolute atomic E-state index is 12.3. The van der Waals surface area contributed by atoms with Gasteiger partial charge < -0.3 is 5.73 Å². The molecule has 2 unspecified atom stereocenters. The summed E-state index contributed by atoms with van der Waals surface area (Å²) >= 11 is 4.91. The molecule has 7 heteroatoms. The van der Waals surface area contributed by atoms with Crippen molar-refractivity contribution in [2.24, 2.45) is 5.73 Å². The Morgan fingerprint density at radius 3 is 2.72 bits per heavy atom. The molecule has 1 saturated heterocycles. The minimum absolute atomic E-state index is 0.0462. The topological polar surface area (TPSA) is 75.4 Å². The van der Waals surface area contributed by atoms with Crippen LogP contribution in [-0.2, 0) is 10.2 Å². The molecule has 18 heavy (non-hydrogen) atoms. The average Bonchev–Trinajstić information content (AvgIpc) is 2.28. The normalized spacial score (nSPS) is 23.8. The van der Waals surface area contributed by atoms with E-state index in [4.69, 9.17) is 18.0 Å². The molecule has 2 atom stereocenters. The highest BCUT2D eigenvalue weighted by Crippen LogP contribution is 2.19. The fourth-order valence-corrected chi connectivity index (χ4v) is 4.16. The Balaban J connectivity index is 2.75. The Hall–Kier alpha value is -0.240. The van der Waals surface area contributed by atoms with Crippen molar-refractivity contribution < 1.29 is 8.42 Å². The first kappa shape index (κ1) is 15.8. The van der Waals surface area contributed by atoms with Gasteiger partial charge in [-0.25, -0.2) is 0 Å². The van der Waals surface area contributed by atoms with E-state index in [0.29, 0.717) is 13.0 Å². The molecule has 1 rings (SSSR count). The van der Waals surface area contributed by atoms with Crippen molar-refractivity contribution in [2.75, 3.05) is 6.54 Å². The zero-order valence-corrected chi connectivity index (χ0v) is 12.7. The van der Waals surface area contributed by atoms with Crippen LogP contribution in [0.4, 0.5) is 0 Å². The number of piperidine rings is 1. The van der Waals surface area contributed by atoms with Crippen LogP contribution in [0.5, 0.6) is 0 Å². The lowest BCUT2D eigenvalue weighted by molar-refractivity contribution is 0.264. The number of nitrogens with zero attached hydrogens (tertiary/aromatic N) is 1. The molecule has 0 spiro atoms. The molecule has 0 aromatic carbocycles. The van der Waals surface area contributed by atoms with Crippen molar-refractivity contribution in [3.05, 3.63) is 0 Å². The van der Waals surface area contributed by atoms with Crippen molar-refractivity contribution in [3.63, 3.8) is 0 Å². The predicted octanol–water partition coefficient (Wildman–Crippen LogP) is 1.15. The standard InChI is InChI=1S/C11H23N3O2S2/c1-3-6-10(11(12)17)13-18(15,16)14-8-5-4-7-9(14)2/h9-10,13H,3-8H2,1-2H3,(H2,12,17).